The number of anilines is 1. The molecular weight excluding hydrogens is 280 g/mol. The van der Waals surface area contributed by atoms with Gasteiger partial charge in [0.2, 0.25) is 0 Å². The number of carboxylic acids is 1. The zero-order valence-corrected chi connectivity index (χ0v) is 11.6. The molecule has 0 bridgehead atoms. The van der Waals surface area contributed by atoms with Gasteiger partial charge in [-0.3, -0.25) is 9.69 Å². The van der Waals surface area contributed by atoms with Crippen LogP contribution in [-0.4, -0.2) is 41.6 Å². The molecule has 1 aromatic rings. The SMILES string of the molecule is O=C(O)CN(C(=O)N1CC=CCC1)c1ccc(Cl)cc1. The summed E-state index contributed by atoms with van der Waals surface area (Å²) in [5.41, 5.74) is 0.524. The first-order chi connectivity index (χ1) is 9.58. The molecule has 1 heterocycles. The van der Waals surface area contributed by atoms with Gasteiger partial charge in [0.1, 0.15) is 6.54 Å². The number of amides is 2. The highest BCUT2D eigenvalue weighted by Gasteiger charge is 2.24. The van der Waals surface area contributed by atoms with Crippen LogP contribution in [0.1, 0.15) is 6.42 Å². The summed E-state index contributed by atoms with van der Waals surface area (Å²) in [6, 6.07) is 6.25. The molecule has 1 aromatic carbocycles. The van der Waals surface area contributed by atoms with E-state index in [0.29, 0.717) is 23.8 Å². The quantitative estimate of drug-likeness (QED) is 0.872. The number of benzene rings is 1. The van der Waals surface area contributed by atoms with Crippen LogP contribution in [0.15, 0.2) is 36.4 Å². The Hall–Kier alpha value is -2.01. The van der Waals surface area contributed by atoms with Gasteiger partial charge in [-0.2, -0.15) is 0 Å². The summed E-state index contributed by atoms with van der Waals surface area (Å²) in [6.07, 6.45) is 4.70. The first kappa shape index (κ1) is 14.4. The van der Waals surface area contributed by atoms with Crippen molar-refractivity contribution in [3.63, 3.8) is 0 Å². The van der Waals surface area contributed by atoms with Crippen molar-refractivity contribution in [1.82, 2.24) is 4.90 Å². The average molecular weight is 295 g/mol. The van der Waals surface area contributed by atoms with Crippen molar-refractivity contribution in [2.24, 2.45) is 0 Å². The van der Waals surface area contributed by atoms with Crippen LogP contribution in [0, 0.1) is 0 Å². The summed E-state index contributed by atoms with van der Waals surface area (Å²) >= 11 is 5.81. The minimum Gasteiger partial charge on any atom is -0.480 e. The van der Waals surface area contributed by atoms with Gasteiger partial charge < -0.3 is 10.0 Å². The minimum absolute atomic E-state index is 0.306. The smallest absolute Gasteiger partial charge is 0.325 e. The molecule has 0 saturated carbocycles. The highest BCUT2D eigenvalue weighted by Crippen LogP contribution is 2.20. The number of carboxylic acid groups (broad SMARTS) is 1. The fraction of sp³-hybridized carbons (Fsp3) is 0.286. The van der Waals surface area contributed by atoms with Crippen LogP contribution in [0.3, 0.4) is 0 Å². The van der Waals surface area contributed by atoms with Crippen LogP contribution in [0.4, 0.5) is 10.5 Å². The summed E-state index contributed by atoms with van der Waals surface area (Å²) in [4.78, 5) is 26.3. The second-order valence-electron chi connectivity index (χ2n) is 4.44. The number of urea groups is 1. The average Bonchev–Trinajstić information content (AvgIpc) is 2.46. The number of aliphatic carboxylic acids is 1. The molecule has 0 spiro atoms. The number of carbonyl (C=O) groups excluding carboxylic acids is 1. The second kappa shape index (κ2) is 6.43. The van der Waals surface area contributed by atoms with Crippen LogP contribution in [0.5, 0.6) is 0 Å². The van der Waals surface area contributed by atoms with Gasteiger partial charge in [0.15, 0.2) is 0 Å². The Kier molecular flexibility index (Phi) is 4.63. The number of hydrogen-bond acceptors (Lipinski definition) is 2. The number of hydrogen-bond donors (Lipinski definition) is 1. The lowest BCUT2D eigenvalue weighted by Gasteiger charge is -2.30. The third-order valence-corrected chi connectivity index (χ3v) is 3.24. The molecule has 5 nitrogen and oxygen atoms in total. The Morgan fingerprint density at radius 1 is 1.25 bits per heavy atom. The van der Waals surface area contributed by atoms with Crippen LogP contribution >= 0.6 is 11.6 Å². The Labute approximate surface area is 122 Å². The molecule has 2 amide bonds. The minimum atomic E-state index is -1.05. The normalized spacial score (nSPS) is 14.2. The standard InChI is InChI=1S/C14H15ClN2O3/c15-11-4-6-12(7-5-11)17(10-13(18)19)14(20)16-8-2-1-3-9-16/h1-2,4-7H,3,8-10H2,(H,18,19). The van der Waals surface area contributed by atoms with Gasteiger partial charge in [0.05, 0.1) is 0 Å². The molecule has 0 radical (unpaired) electrons. The van der Waals surface area contributed by atoms with Crippen molar-refractivity contribution < 1.29 is 14.7 Å². The van der Waals surface area contributed by atoms with Crippen LogP contribution < -0.4 is 4.90 Å². The third kappa shape index (κ3) is 3.51. The monoisotopic (exact) mass is 294 g/mol. The molecule has 1 aliphatic heterocycles. The Morgan fingerprint density at radius 3 is 2.50 bits per heavy atom. The molecule has 0 atom stereocenters. The fourth-order valence-electron chi connectivity index (χ4n) is 2.01. The van der Waals surface area contributed by atoms with Crippen molar-refractivity contribution >= 4 is 29.3 Å². The van der Waals surface area contributed by atoms with Crippen LogP contribution in [-0.2, 0) is 4.79 Å². The molecule has 0 aliphatic carbocycles. The fourth-order valence-corrected chi connectivity index (χ4v) is 2.14. The molecular formula is C14H15ClN2O3. The van der Waals surface area contributed by atoms with Gasteiger partial charge in [-0.1, -0.05) is 23.8 Å². The summed E-state index contributed by atoms with van der Waals surface area (Å²) in [6.45, 7) is 0.724. The van der Waals surface area contributed by atoms with E-state index in [2.05, 4.69) is 0 Å². The van der Waals surface area contributed by atoms with Gasteiger partial charge in [0, 0.05) is 23.8 Å². The third-order valence-electron chi connectivity index (χ3n) is 2.99. The molecule has 1 N–H and O–H groups in total. The highest BCUT2D eigenvalue weighted by molar-refractivity contribution is 6.30. The first-order valence-corrected chi connectivity index (χ1v) is 6.64. The molecule has 106 valence electrons. The maximum absolute atomic E-state index is 12.4. The maximum Gasteiger partial charge on any atom is 0.325 e. The number of halogens is 1. The largest absolute Gasteiger partial charge is 0.480 e. The zero-order valence-electron chi connectivity index (χ0n) is 10.8. The predicted molar refractivity (Wildman–Crippen MR) is 77.2 cm³/mol. The van der Waals surface area contributed by atoms with E-state index in [1.54, 1.807) is 29.2 Å². The predicted octanol–water partition coefficient (Wildman–Crippen LogP) is 2.61. The van der Waals surface area contributed by atoms with Gasteiger partial charge in [-0.15, -0.1) is 0 Å². The van der Waals surface area contributed by atoms with E-state index < -0.39 is 5.97 Å². The van der Waals surface area contributed by atoms with Crippen molar-refractivity contribution in [3.05, 3.63) is 41.4 Å². The topological polar surface area (TPSA) is 60.9 Å². The van der Waals surface area contributed by atoms with Gasteiger partial charge in [0.25, 0.3) is 0 Å². The van der Waals surface area contributed by atoms with E-state index in [4.69, 9.17) is 16.7 Å². The molecule has 1 aliphatic rings. The van der Waals surface area contributed by atoms with Gasteiger partial charge >= 0.3 is 12.0 Å². The Balaban J connectivity index is 2.22. The molecule has 2 rings (SSSR count). The van der Waals surface area contributed by atoms with Crippen LogP contribution in [0.25, 0.3) is 0 Å². The van der Waals surface area contributed by atoms with E-state index in [1.165, 1.54) is 4.90 Å². The van der Waals surface area contributed by atoms with Crippen molar-refractivity contribution in [2.75, 3.05) is 24.5 Å². The van der Waals surface area contributed by atoms with E-state index in [1.807, 2.05) is 12.2 Å². The second-order valence-corrected chi connectivity index (χ2v) is 4.88. The maximum atomic E-state index is 12.4. The first-order valence-electron chi connectivity index (χ1n) is 6.27. The van der Waals surface area contributed by atoms with E-state index in [9.17, 15) is 9.59 Å². The number of carbonyl (C=O) groups is 2. The Morgan fingerprint density at radius 2 is 1.95 bits per heavy atom. The van der Waals surface area contributed by atoms with Crippen molar-refractivity contribution in [3.8, 4) is 0 Å². The zero-order chi connectivity index (χ0) is 14.5. The van der Waals surface area contributed by atoms with Gasteiger partial charge in [-0.05, 0) is 30.7 Å². The van der Waals surface area contributed by atoms with Gasteiger partial charge in [-0.25, -0.2) is 4.79 Å². The van der Waals surface area contributed by atoms with Crippen molar-refractivity contribution in [1.29, 1.82) is 0 Å². The molecule has 0 unspecified atom stereocenters. The molecule has 0 saturated heterocycles. The summed E-state index contributed by atoms with van der Waals surface area (Å²) < 4.78 is 0. The summed E-state index contributed by atoms with van der Waals surface area (Å²) in [7, 11) is 0. The number of nitrogens with zero attached hydrogens (tertiary/aromatic N) is 2. The van der Waals surface area contributed by atoms with E-state index in [-0.39, 0.29) is 12.6 Å². The summed E-state index contributed by atoms with van der Waals surface area (Å²) in [5.74, 6) is -1.05. The molecule has 0 fully saturated rings. The van der Waals surface area contributed by atoms with E-state index in [0.717, 1.165) is 6.42 Å². The lowest BCUT2D eigenvalue weighted by Crippen LogP contribution is -2.46. The van der Waals surface area contributed by atoms with Crippen LogP contribution in [0.2, 0.25) is 5.02 Å². The molecule has 6 heteroatoms. The number of rotatable bonds is 3. The van der Waals surface area contributed by atoms with Crippen molar-refractivity contribution in [2.45, 2.75) is 6.42 Å². The highest BCUT2D eigenvalue weighted by atomic mass is 35.5. The molecule has 0 aromatic heterocycles. The Bertz CT molecular complexity index is 528. The van der Waals surface area contributed by atoms with E-state index >= 15 is 0 Å². The lowest BCUT2D eigenvalue weighted by atomic mass is 10.2. The molecule has 20 heavy (non-hydrogen) atoms. The summed E-state index contributed by atoms with van der Waals surface area (Å²) in [5, 5.41) is 9.53. The lowest BCUT2D eigenvalue weighted by molar-refractivity contribution is -0.135.